The Bertz CT molecular complexity index is 2170. The first kappa shape index (κ1) is 40.0. The van der Waals surface area contributed by atoms with E-state index in [0.29, 0.717) is 65.8 Å². The summed E-state index contributed by atoms with van der Waals surface area (Å²) in [7, 11) is 0. The molecule has 6 rings (SSSR count). The van der Waals surface area contributed by atoms with E-state index in [1.54, 1.807) is 47.4 Å². The number of nitrogens with one attached hydrogen (secondary N) is 2. The van der Waals surface area contributed by atoms with Crippen LogP contribution in [0.25, 0.3) is 22.3 Å². The molecule has 2 N–H and O–H groups in total. The number of amides is 3. The minimum absolute atomic E-state index is 0.126. The van der Waals surface area contributed by atoms with Crippen LogP contribution >= 0.6 is 11.6 Å². The highest BCUT2D eigenvalue weighted by molar-refractivity contribution is 6.30. The number of anilines is 1. The second-order valence-corrected chi connectivity index (χ2v) is 15.0. The Kier molecular flexibility index (Phi) is 12.7. The Balaban J connectivity index is 1.23. The number of ether oxygens (including phenoxy) is 2. The van der Waals surface area contributed by atoms with Crippen molar-refractivity contribution in [2.45, 2.75) is 52.3 Å². The number of hydrogen-bond donors (Lipinski definition) is 2. The maximum atomic E-state index is 14.3. The van der Waals surface area contributed by atoms with Gasteiger partial charge in [-0.1, -0.05) is 73.1 Å². The highest BCUT2D eigenvalue weighted by Gasteiger charge is 2.27. The molecule has 1 saturated heterocycles. The molecule has 0 bridgehead atoms. The van der Waals surface area contributed by atoms with Crippen LogP contribution in [0.3, 0.4) is 0 Å². The largest absolute Gasteiger partial charge is 0.457 e. The number of nitrogens with zero attached hydrogens (tertiary/aromatic N) is 2. The lowest BCUT2D eigenvalue weighted by atomic mass is 9.93. The molecular formula is C45H46ClFN4O5. The molecule has 1 aliphatic rings. The van der Waals surface area contributed by atoms with Gasteiger partial charge in [0.15, 0.2) is 0 Å². The van der Waals surface area contributed by atoms with Crippen LogP contribution in [-0.4, -0.2) is 60.6 Å². The molecule has 1 fully saturated rings. The van der Waals surface area contributed by atoms with Gasteiger partial charge in [0.2, 0.25) is 5.91 Å². The molecule has 1 aliphatic heterocycles. The van der Waals surface area contributed by atoms with E-state index in [1.807, 2.05) is 94.4 Å². The van der Waals surface area contributed by atoms with Gasteiger partial charge in [0, 0.05) is 66.2 Å². The van der Waals surface area contributed by atoms with Crippen LogP contribution in [0.2, 0.25) is 5.02 Å². The van der Waals surface area contributed by atoms with E-state index in [-0.39, 0.29) is 24.0 Å². The van der Waals surface area contributed by atoms with Gasteiger partial charge in [0.25, 0.3) is 5.91 Å². The first-order valence-corrected chi connectivity index (χ1v) is 19.1. The van der Waals surface area contributed by atoms with Crippen molar-refractivity contribution < 1.29 is 28.2 Å². The van der Waals surface area contributed by atoms with Gasteiger partial charge in [0.05, 0.1) is 6.04 Å². The average molecular weight is 777 g/mol. The summed E-state index contributed by atoms with van der Waals surface area (Å²) in [5, 5.41) is 6.09. The third-order valence-corrected chi connectivity index (χ3v) is 9.66. The Morgan fingerprint density at radius 1 is 0.804 bits per heavy atom. The van der Waals surface area contributed by atoms with Crippen molar-refractivity contribution in [1.29, 1.82) is 0 Å². The number of benzene rings is 5. The zero-order valence-electron chi connectivity index (χ0n) is 32.0. The molecule has 3 amide bonds. The quantitative estimate of drug-likeness (QED) is 0.138. The molecule has 11 heteroatoms. The van der Waals surface area contributed by atoms with Gasteiger partial charge in [-0.2, -0.15) is 0 Å². The minimum Gasteiger partial charge on any atom is -0.457 e. The van der Waals surface area contributed by atoms with Gasteiger partial charge in [-0.15, -0.1) is 0 Å². The number of carbonyl (C=O) groups excluding carboxylic acids is 3. The SMILES string of the molecule is CCC(NCc1ccccc1F)C(=O)NC(=O)c1ccc(-c2ccccc2)cc1-c1ccc(Cl)cc1Oc1ccc(N2CCN(C(=O)OC(C)(C)C)CC2)cc1. The fourth-order valence-corrected chi connectivity index (χ4v) is 6.63. The van der Waals surface area contributed by atoms with E-state index < -0.39 is 23.5 Å². The van der Waals surface area contributed by atoms with Gasteiger partial charge in [-0.3, -0.25) is 14.9 Å². The van der Waals surface area contributed by atoms with Crippen molar-refractivity contribution in [1.82, 2.24) is 15.5 Å². The van der Waals surface area contributed by atoms with Crippen LogP contribution in [0.15, 0.2) is 115 Å². The number of piperazine rings is 1. The van der Waals surface area contributed by atoms with Crippen LogP contribution in [0.1, 0.15) is 50.0 Å². The number of halogens is 2. The van der Waals surface area contributed by atoms with Crippen molar-refractivity contribution in [2.24, 2.45) is 0 Å². The van der Waals surface area contributed by atoms with Gasteiger partial charge >= 0.3 is 6.09 Å². The van der Waals surface area contributed by atoms with Crippen LogP contribution < -0.4 is 20.3 Å². The van der Waals surface area contributed by atoms with Crippen LogP contribution in [0.4, 0.5) is 14.9 Å². The molecule has 56 heavy (non-hydrogen) atoms. The fraction of sp³-hybridized carbons (Fsp3) is 0.267. The molecule has 0 aliphatic carbocycles. The molecule has 0 radical (unpaired) electrons. The topological polar surface area (TPSA) is 100 Å². The van der Waals surface area contributed by atoms with Crippen LogP contribution in [0.5, 0.6) is 11.5 Å². The maximum absolute atomic E-state index is 14.3. The highest BCUT2D eigenvalue weighted by Crippen LogP contribution is 2.39. The minimum atomic E-state index is -0.739. The van der Waals surface area contributed by atoms with Crippen molar-refractivity contribution >= 4 is 35.2 Å². The molecule has 5 aromatic rings. The standard InChI is InChI=1S/C45H46ClFN4O5/c1-5-40(48-29-32-13-9-10-14-39(32)47)43(53)49-42(52)37-21-15-31(30-11-7-6-8-12-30)27-38(37)36-22-16-33(46)28-41(36)55-35-19-17-34(18-20-35)50-23-25-51(26-24-50)44(54)56-45(2,3)4/h6-22,27-28,40,48H,5,23-26,29H2,1-4H3,(H,49,52,53). The lowest BCUT2D eigenvalue weighted by Gasteiger charge is -2.36. The molecule has 9 nitrogen and oxygen atoms in total. The van der Waals surface area contributed by atoms with E-state index in [0.717, 1.165) is 16.8 Å². The molecular weight excluding hydrogens is 731 g/mol. The fourth-order valence-electron chi connectivity index (χ4n) is 6.47. The lowest BCUT2D eigenvalue weighted by Crippen LogP contribution is -2.50. The Morgan fingerprint density at radius 2 is 1.50 bits per heavy atom. The first-order chi connectivity index (χ1) is 26.9. The second-order valence-electron chi connectivity index (χ2n) is 14.6. The summed E-state index contributed by atoms with van der Waals surface area (Å²) in [6, 6.07) is 33.7. The van der Waals surface area contributed by atoms with Crippen molar-refractivity contribution in [2.75, 3.05) is 31.1 Å². The predicted octanol–water partition coefficient (Wildman–Crippen LogP) is 9.49. The van der Waals surface area contributed by atoms with Crippen LogP contribution in [0, 0.1) is 5.82 Å². The summed E-state index contributed by atoms with van der Waals surface area (Å²) >= 11 is 6.52. The monoisotopic (exact) mass is 776 g/mol. The zero-order chi connectivity index (χ0) is 39.8. The number of imide groups is 1. The van der Waals surface area contributed by atoms with Gasteiger partial charge in [-0.25, -0.2) is 9.18 Å². The highest BCUT2D eigenvalue weighted by atomic mass is 35.5. The molecule has 0 saturated carbocycles. The smallest absolute Gasteiger partial charge is 0.410 e. The average Bonchev–Trinajstić information content (AvgIpc) is 3.18. The molecule has 290 valence electrons. The molecule has 0 aromatic heterocycles. The van der Waals surface area contributed by atoms with E-state index in [9.17, 15) is 18.8 Å². The Hall–Kier alpha value is -5.71. The number of rotatable bonds is 11. The zero-order valence-corrected chi connectivity index (χ0v) is 32.7. The van der Waals surface area contributed by atoms with Crippen molar-refractivity contribution in [3.63, 3.8) is 0 Å². The third-order valence-electron chi connectivity index (χ3n) is 9.42. The Labute approximate surface area is 332 Å². The van der Waals surface area contributed by atoms with Crippen molar-refractivity contribution in [3.8, 4) is 33.8 Å². The number of carbonyl (C=O) groups is 3. The number of hydrogen-bond acceptors (Lipinski definition) is 7. The third kappa shape index (κ3) is 10.1. The normalized spacial score (nSPS) is 13.5. The molecule has 1 heterocycles. The summed E-state index contributed by atoms with van der Waals surface area (Å²) in [6.45, 7) is 9.93. The van der Waals surface area contributed by atoms with E-state index in [1.165, 1.54) is 6.07 Å². The molecule has 1 unspecified atom stereocenters. The van der Waals surface area contributed by atoms with Crippen LogP contribution in [-0.2, 0) is 16.1 Å². The van der Waals surface area contributed by atoms with E-state index in [4.69, 9.17) is 21.1 Å². The van der Waals surface area contributed by atoms with Crippen molar-refractivity contribution in [3.05, 3.63) is 137 Å². The van der Waals surface area contributed by atoms with Gasteiger partial charge in [-0.05, 0) is 98.5 Å². The maximum Gasteiger partial charge on any atom is 0.410 e. The summed E-state index contributed by atoms with van der Waals surface area (Å²) in [4.78, 5) is 43.9. The summed E-state index contributed by atoms with van der Waals surface area (Å²) < 4.78 is 26.3. The lowest BCUT2D eigenvalue weighted by molar-refractivity contribution is -0.122. The summed E-state index contributed by atoms with van der Waals surface area (Å²) in [5.74, 6) is -0.517. The summed E-state index contributed by atoms with van der Waals surface area (Å²) in [5.41, 5.74) is 4.06. The molecule has 1 atom stereocenters. The first-order valence-electron chi connectivity index (χ1n) is 18.7. The Morgan fingerprint density at radius 3 is 2.18 bits per heavy atom. The van der Waals surface area contributed by atoms with Gasteiger partial charge < -0.3 is 24.6 Å². The second kappa shape index (κ2) is 17.8. The predicted molar refractivity (Wildman–Crippen MR) is 219 cm³/mol. The van der Waals surface area contributed by atoms with E-state index >= 15 is 0 Å². The van der Waals surface area contributed by atoms with E-state index in [2.05, 4.69) is 15.5 Å². The summed E-state index contributed by atoms with van der Waals surface area (Å²) in [6.07, 6.45) is 0.0717. The molecule has 0 spiro atoms. The molecule has 5 aromatic carbocycles. The van der Waals surface area contributed by atoms with Gasteiger partial charge in [0.1, 0.15) is 22.9 Å².